The highest BCUT2D eigenvalue weighted by Crippen LogP contribution is 2.11. The molecule has 0 aliphatic carbocycles. The number of hydrogen-bond acceptors (Lipinski definition) is 1. The molecule has 0 aliphatic rings. The second-order valence-corrected chi connectivity index (χ2v) is 2.18. The molecule has 11 heavy (non-hydrogen) atoms. The van der Waals surface area contributed by atoms with Crippen molar-refractivity contribution in [2.75, 3.05) is 7.11 Å². The van der Waals surface area contributed by atoms with Gasteiger partial charge in [-0.25, -0.2) is 0 Å². The summed E-state index contributed by atoms with van der Waals surface area (Å²) in [5.41, 5.74) is 0.936. The minimum Gasteiger partial charge on any atom is -0.497 e. The molecule has 58 valence electrons. The Kier molecular flexibility index (Phi) is 2.24. The lowest BCUT2D eigenvalue weighted by molar-refractivity contribution is 0.414. The Hall–Kier alpha value is -1.24. The van der Waals surface area contributed by atoms with Crippen molar-refractivity contribution >= 4 is 0 Å². The summed E-state index contributed by atoms with van der Waals surface area (Å²) >= 11 is 0. The average molecular weight is 149 g/mol. The van der Waals surface area contributed by atoms with Crippen LogP contribution in [0, 0.1) is 0 Å². The van der Waals surface area contributed by atoms with Gasteiger partial charge in [-0.1, -0.05) is 18.2 Å². The molecule has 0 spiro atoms. The van der Waals surface area contributed by atoms with E-state index in [-0.39, 0.29) is 6.40 Å². The minimum atomic E-state index is -0.337. The van der Waals surface area contributed by atoms with Crippen LogP contribution in [0.25, 0.3) is 0 Å². The Morgan fingerprint density at radius 3 is 2.64 bits per heavy atom. The van der Waals surface area contributed by atoms with Gasteiger partial charge < -0.3 is 4.74 Å². The van der Waals surface area contributed by atoms with Gasteiger partial charge in [0.2, 0.25) is 0 Å². The van der Waals surface area contributed by atoms with E-state index in [0.717, 1.165) is 11.3 Å². The highest BCUT2D eigenvalue weighted by molar-refractivity contribution is 5.27. The second-order valence-electron chi connectivity index (χ2n) is 2.18. The molecule has 0 radical (unpaired) electrons. The van der Waals surface area contributed by atoms with Gasteiger partial charge in [-0.05, 0) is 24.1 Å². The molecule has 0 N–H and O–H groups in total. The van der Waals surface area contributed by atoms with Gasteiger partial charge in [0.15, 0.2) is 0 Å². The van der Waals surface area contributed by atoms with Crippen LogP contribution in [0.2, 0.25) is 0 Å². The fourth-order valence-electron chi connectivity index (χ4n) is 0.851. The van der Waals surface area contributed by atoms with Gasteiger partial charge in [-0.15, -0.1) is 6.58 Å². The third-order valence-corrected chi connectivity index (χ3v) is 1.43. The highest BCUT2D eigenvalue weighted by Gasteiger charge is 1.90. The zero-order chi connectivity index (χ0) is 8.97. The van der Waals surface area contributed by atoms with Crippen molar-refractivity contribution in [3.05, 3.63) is 42.5 Å². The van der Waals surface area contributed by atoms with Crippen molar-refractivity contribution in [3.8, 4) is 5.75 Å². The van der Waals surface area contributed by atoms with Crippen LogP contribution in [0.4, 0.5) is 0 Å². The molecule has 1 aromatic carbocycles. The Bertz CT molecular complexity index is 253. The summed E-state index contributed by atoms with van der Waals surface area (Å²) in [6.45, 7) is 3.56. The van der Waals surface area contributed by atoms with Crippen LogP contribution in [0.1, 0.15) is 6.93 Å². The van der Waals surface area contributed by atoms with E-state index in [1.807, 2.05) is 24.3 Å². The molecule has 1 unspecified atom stereocenters. The summed E-state index contributed by atoms with van der Waals surface area (Å²) in [6.07, 6.45) is 1.26. The van der Waals surface area contributed by atoms with Crippen molar-refractivity contribution in [2.24, 2.45) is 0 Å². The summed E-state index contributed by atoms with van der Waals surface area (Å²) in [5, 5.41) is 0. The van der Waals surface area contributed by atoms with Crippen molar-refractivity contribution in [1.82, 2.24) is 0 Å². The second kappa shape index (κ2) is 3.81. The molecule has 0 fully saturated rings. The van der Waals surface area contributed by atoms with E-state index in [4.69, 9.17) is 6.11 Å². The van der Waals surface area contributed by atoms with Crippen LogP contribution in [0.5, 0.6) is 5.75 Å². The van der Waals surface area contributed by atoms with Crippen molar-refractivity contribution in [2.45, 2.75) is 6.40 Å². The highest BCUT2D eigenvalue weighted by atomic mass is 16.5. The summed E-state index contributed by atoms with van der Waals surface area (Å²) in [4.78, 5) is 0. The molecule has 0 aliphatic heterocycles. The Morgan fingerprint density at radius 1 is 1.55 bits per heavy atom. The lowest BCUT2D eigenvalue weighted by Gasteiger charge is -1.99. The SMILES string of the molecule is [2H]C(C=C)c1ccc(OC)cc1. The van der Waals surface area contributed by atoms with Crippen LogP contribution in [0.15, 0.2) is 36.9 Å². The first-order valence-corrected chi connectivity index (χ1v) is 3.46. The topological polar surface area (TPSA) is 9.23 Å². The summed E-state index contributed by atoms with van der Waals surface area (Å²) < 4.78 is 12.5. The van der Waals surface area contributed by atoms with Crippen LogP contribution in [-0.4, -0.2) is 7.11 Å². The molecule has 1 aromatic rings. The smallest absolute Gasteiger partial charge is 0.118 e. The predicted molar refractivity (Wildman–Crippen MR) is 46.9 cm³/mol. The van der Waals surface area contributed by atoms with Crippen LogP contribution in [0.3, 0.4) is 0 Å². The first-order chi connectivity index (χ1) is 5.77. The van der Waals surface area contributed by atoms with E-state index in [2.05, 4.69) is 6.58 Å². The van der Waals surface area contributed by atoms with E-state index >= 15 is 0 Å². The van der Waals surface area contributed by atoms with Gasteiger partial charge in [0.25, 0.3) is 0 Å². The van der Waals surface area contributed by atoms with E-state index in [9.17, 15) is 0 Å². The molecular formula is C10H12O. The fraction of sp³-hybridized carbons (Fsp3) is 0.200. The molecule has 0 saturated heterocycles. The zero-order valence-corrected chi connectivity index (χ0v) is 6.58. The molecule has 0 bridgehead atoms. The van der Waals surface area contributed by atoms with Gasteiger partial charge in [-0.2, -0.15) is 0 Å². The molecule has 1 atom stereocenters. The zero-order valence-electron chi connectivity index (χ0n) is 7.58. The first kappa shape index (κ1) is 6.47. The monoisotopic (exact) mass is 149 g/mol. The third-order valence-electron chi connectivity index (χ3n) is 1.43. The maximum atomic E-state index is 7.53. The van der Waals surface area contributed by atoms with Gasteiger partial charge in [0, 0.05) is 1.37 Å². The molecule has 0 heterocycles. The van der Waals surface area contributed by atoms with E-state index in [0.29, 0.717) is 0 Å². The van der Waals surface area contributed by atoms with E-state index < -0.39 is 0 Å². The van der Waals surface area contributed by atoms with Crippen molar-refractivity contribution in [3.63, 3.8) is 0 Å². The fourth-order valence-corrected chi connectivity index (χ4v) is 0.851. The molecule has 1 nitrogen and oxygen atoms in total. The number of ether oxygens (including phenoxy) is 1. The van der Waals surface area contributed by atoms with Crippen LogP contribution < -0.4 is 4.74 Å². The van der Waals surface area contributed by atoms with Gasteiger partial charge in [0.1, 0.15) is 5.75 Å². The maximum absolute atomic E-state index is 7.53. The average Bonchev–Trinajstić information content (AvgIpc) is 2.17. The predicted octanol–water partition coefficient (Wildman–Crippen LogP) is 2.42. The maximum Gasteiger partial charge on any atom is 0.118 e. The normalized spacial score (nSPS) is 13.4. The number of benzene rings is 1. The van der Waals surface area contributed by atoms with E-state index in [1.165, 1.54) is 0 Å². The van der Waals surface area contributed by atoms with Gasteiger partial charge in [0.05, 0.1) is 7.11 Å². The Morgan fingerprint density at radius 2 is 2.18 bits per heavy atom. The van der Waals surface area contributed by atoms with Gasteiger partial charge >= 0.3 is 0 Å². The van der Waals surface area contributed by atoms with Crippen molar-refractivity contribution in [1.29, 1.82) is 0 Å². The summed E-state index contributed by atoms with van der Waals surface area (Å²) in [5.74, 6) is 0.815. The summed E-state index contributed by atoms with van der Waals surface area (Å²) in [7, 11) is 1.63. The standard InChI is InChI=1S/C10H12O/c1-3-4-9-5-7-10(11-2)8-6-9/h3,5-8H,1,4H2,2H3/i4D. The largest absolute Gasteiger partial charge is 0.497 e. The Labute approximate surface area is 68.7 Å². The number of rotatable bonds is 3. The number of hydrogen-bond donors (Lipinski definition) is 0. The molecule has 1 rings (SSSR count). The lowest BCUT2D eigenvalue weighted by atomic mass is 10.1. The quantitative estimate of drug-likeness (QED) is 0.600. The number of allylic oxidation sites excluding steroid dienone is 1. The molecule has 0 aromatic heterocycles. The Balaban J connectivity index is 2.84. The van der Waals surface area contributed by atoms with Gasteiger partial charge in [-0.3, -0.25) is 0 Å². The minimum absolute atomic E-state index is 0.337. The summed E-state index contributed by atoms with van der Waals surface area (Å²) in [6, 6.07) is 7.44. The first-order valence-electron chi connectivity index (χ1n) is 4.04. The number of methoxy groups -OCH3 is 1. The molecule has 0 amide bonds. The molecule has 0 saturated carbocycles. The van der Waals surface area contributed by atoms with Crippen LogP contribution >= 0.6 is 0 Å². The van der Waals surface area contributed by atoms with Crippen LogP contribution in [-0.2, 0) is 6.40 Å². The third kappa shape index (κ3) is 2.11. The van der Waals surface area contributed by atoms with Crippen molar-refractivity contribution < 1.29 is 6.11 Å². The molecule has 1 heteroatoms. The molecular weight excluding hydrogens is 136 g/mol. The lowest BCUT2D eigenvalue weighted by Crippen LogP contribution is -1.83. The van der Waals surface area contributed by atoms with E-state index in [1.54, 1.807) is 13.2 Å².